The number of carbonyl (C=O) groups is 2. The van der Waals surface area contributed by atoms with Crippen LogP contribution in [-0.4, -0.2) is 16.8 Å². The molecule has 0 saturated heterocycles. The first-order valence-corrected chi connectivity index (χ1v) is 8.07. The fraction of sp³-hybridized carbons (Fsp3) is 0.111. The standard InChI is InChI=1S/C18H13Cl2NO4/c1-18(12-8-7-11(19)9-13(12)20)15(23)14(22)17(25-18)21-16(24)10-5-3-2-4-6-10/h2-9,22H,1H3,(H,21,24). The number of ketones is 1. The Morgan fingerprint density at radius 3 is 2.48 bits per heavy atom. The van der Waals surface area contributed by atoms with Crippen LogP contribution in [0.5, 0.6) is 0 Å². The van der Waals surface area contributed by atoms with Crippen molar-refractivity contribution in [2.75, 3.05) is 0 Å². The molecule has 0 aromatic heterocycles. The summed E-state index contributed by atoms with van der Waals surface area (Å²) in [7, 11) is 0. The maximum Gasteiger partial charge on any atom is 0.258 e. The Balaban J connectivity index is 1.89. The van der Waals surface area contributed by atoms with E-state index in [0.717, 1.165) is 0 Å². The first-order valence-electron chi connectivity index (χ1n) is 7.32. The molecule has 0 aliphatic carbocycles. The second-order valence-corrected chi connectivity index (χ2v) is 6.43. The SMILES string of the molecule is CC1(c2ccc(Cl)cc2Cl)OC(NC(=O)c2ccccc2)=C(O)C1=O. The van der Waals surface area contributed by atoms with Crippen molar-refractivity contribution in [1.82, 2.24) is 5.32 Å². The molecule has 1 unspecified atom stereocenters. The maximum atomic E-state index is 12.5. The number of carbonyl (C=O) groups excluding carboxylic acids is 2. The number of aliphatic hydroxyl groups is 1. The van der Waals surface area contributed by atoms with Crippen LogP contribution in [0.3, 0.4) is 0 Å². The van der Waals surface area contributed by atoms with Crippen LogP contribution in [0.1, 0.15) is 22.8 Å². The van der Waals surface area contributed by atoms with Crippen molar-refractivity contribution >= 4 is 34.9 Å². The van der Waals surface area contributed by atoms with Crippen LogP contribution in [0.2, 0.25) is 10.0 Å². The summed E-state index contributed by atoms with van der Waals surface area (Å²) in [6, 6.07) is 12.9. The van der Waals surface area contributed by atoms with E-state index in [4.69, 9.17) is 27.9 Å². The largest absolute Gasteiger partial charge is 0.501 e. The molecule has 128 valence electrons. The van der Waals surface area contributed by atoms with Crippen LogP contribution in [0.4, 0.5) is 0 Å². The summed E-state index contributed by atoms with van der Waals surface area (Å²) in [5.41, 5.74) is -0.874. The Morgan fingerprint density at radius 2 is 1.84 bits per heavy atom. The fourth-order valence-corrected chi connectivity index (χ4v) is 3.12. The van der Waals surface area contributed by atoms with Crippen LogP contribution < -0.4 is 5.32 Å². The number of amides is 1. The average Bonchev–Trinajstić information content (AvgIpc) is 2.80. The molecule has 0 saturated carbocycles. The lowest BCUT2D eigenvalue weighted by Crippen LogP contribution is -2.32. The first kappa shape index (κ1) is 17.3. The third kappa shape index (κ3) is 3.08. The summed E-state index contributed by atoms with van der Waals surface area (Å²) in [5, 5.41) is 13.1. The van der Waals surface area contributed by atoms with Gasteiger partial charge in [0, 0.05) is 21.2 Å². The normalized spacial score (nSPS) is 19.7. The zero-order chi connectivity index (χ0) is 18.2. The van der Waals surface area contributed by atoms with E-state index in [0.29, 0.717) is 16.1 Å². The summed E-state index contributed by atoms with van der Waals surface area (Å²) < 4.78 is 5.59. The minimum absolute atomic E-state index is 0.215. The van der Waals surface area contributed by atoms with Crippen LogP contribution >= 0.6 is 23.2 Å². The molecule has 0 spiro atoms. The summed E-state index contributed by atoms with van der Waals surface area (Å²) >= 11 is 12.0. The second-order valence-electron chi connectivity index (χ2n) is 5.59. The van der Waals surface area contributed by atoms with E-state index in [1.165, 1.54) is 19.1 Å². The van der Waals surface area contributed by atoms with E-state index >= 15 is 0 Å². The molecule has 1 atom stereocenters. The minimum Gasteiger partial charge on any atom is -0.501 e. The Hall–Kier alpha value is -2.50. The molecule has 2 aromatic carbocycles. The van der Waals surface area contributed by atoms with E-state index in [2.05, 4.69) is 5.32 Å². The fourth-order valence-electron chi connectivity index (χ4n) is 2.53. The van der Waals surface area contributed by atoms with Gasteiger partial charge in [0.2, 0.25) is 17.2 Å². The van der Waals surface area contributed by atoms with Gasteiger partial charge in [0.15, 0.2) is 0 Å². The van der Waals surface area contributed by atoms with Crippen LogP contribution in [0.15, 0.2) is 60.2 Å². The lowest BCUT2D eigenvalue weighted by atomic mass is 9.91. The first-order chi connectivity index (χ1) is 11.8. The van der Waals surface area contributed by atoms with E-state index < -0.39 is 23.1 Å². The quantitative estimate of drug-likeness (QED) is 0.848. The van der Waals surface area contributed by atoms with Crippen molar-refractivity contribution in [3.05, 3.63) is 81.3 Å². The number of Topliss-reactive ketones (excluding diaryl/α,β-unsaturated/α-hetero) is 1. The zero-order valence-corrected chi connectivity index (χ0v) is 14.6. The van der Waals surface area contributed by atoms with Gasteiger partial charge in [0.25, 0.3) is 11.7 Å². The van der Waals surface area contributed by atoms with Crippen molar-refractivity contribution in [2.24, 2.45) is 0 Å². The molecule has 5 nitrogen and oxygen atoms in total. The highest BCUT2D eigenvalue weighted by molar-refractivity contribution is 6.35. The molecule has 7 heteroatoms. The predicted octanol–water partition coefficient (Wildman–Crippen LogP) is 3.97. The summed E-state index contributed by atoms with van der Waals surface area (Å²) in [6.07, 6.45) is 0. The summed E-state index contributed by atoms with van der Waals surface area (Å²) in [6.45, 7) is 1.46. The summed E-state index contributed by atoms with van der Waals surface area (Å²) in [4.78, 5) is 24.7. The Bertz CT molecular complexity index is 895. The van der Waals surface area contributed by atoms with Gasteiger partial charge in [-0.2, -0.15) is 0 Å². The molecule has 3 rings (SSSR count). The Morgan fingerprint density at radius 1 is 1.16 bits per heavy atom. The van der Waals surface area contributed by atoms with Gasteiger partial charge in [-0.25, -0.2) is 0 Å². The number of benzene rings is 2. The van der Waals surface area contributed by atoms with Gasteiger partial charge < -0.3 is 9.84 Å². The van der Waals surface area contributed by atoms with Crippen molar-refractivity contribution in [3.63, 3.8) is 0 Å². The molecule has 1 heterocycles. The molecular weight excluding hydrogens is 365 g/mol. The number of nitrogens with one attached hydrogen (secondary N) is 1. The molecule has 1 aliphatic heterocycles. The molecule has 0 radical (unpaired) electrons. The lowest BCUT2D eigenvalue weighted by Gasteiger charge is -2.24. The van der Waals surface area contributed by atoms with Crippen molar-refractivity contribution < 1.29 is 19.4 Å². The third-order valence-electron chi connectivity index (χ3n) is 3.88. The Kier molecular flexibility index (Phi) is 4.45. The monoisotopic (exact) mass is 377 g/mol. The van der Waals surface area contributed by atoms with E-state index in [9.17, 15) is 14.7 Å². The molecular formula is C18H13Cl2NO4. The molecule has 0 fully saturated rings. The van der Waals surface area contributed by atoms with Crippen molar-refractivity contribution in [3.8, 4) is 0 Å². The lowest BCUT2D eigenvalue weighted by molar-refractivity contribution is -0.131. The van der Waals surface area contributed by atoms with Gasteiger partial charge in [-0.1, -0.05) is 47.5 Å². The van der Waals surface area contributed by atoms with Gasteiger partial charge in [0.05, 0.1) is 0 Å². The van der Waals surface area contributed by atoms with Gasteiger partial charge >= 0.3 is 0 Å². The minimum atomic E-state index is -1.56. The number of ether oxygens (including phenoxy) is 1. The van der Waals surface area contributed by atoms with E-state index in [1.54, 1.807) is 36.4 Å². The van der Waals surface area contributed by atoms with Gasteiger partial charge in [-0.15, -0.1) is 0 Å². The molecule has 1 aliphatic rings. The highest BCUT2D eigenvalue weighted by atomic mass is 35.5. The van der Waals surface area contributed by atoms with Crippen molar-refractivity contribution in [2.45, 2.75) is 12.5 Å². The van der Waals surface area contributed by atoms with E-state index in [-0.39, 0.29) is 10.9 Å². The molecule has 2 N–H and O–H groups in total. The average molecular weight is 378 g/mol. The number of hydrogen-bond acceptors (Lipinski definition) is 4. The summed E-state index contributed by atoms with van der Waals surface area (Å²) in [5.74, 6) is -2.20. The topological polar surface area (TPSA) is 75.6 Å². The second kappa shape index (κ2) is 6.43. The Labute approximate surface area is 153 Å². The number of hydrogen-bond donors (Lipinski definition) is 2. The number of rotatable bonds is 3. The van der Waals surface area contributed by atoms with Gasteiger partial charge in [0.1, 0.15) is 0 Å². The molecule has 2 aromatic rings. The van der Waals surface area contributed by atoms with Crippen LogP contribution in [-0.2, 0) is 15.1 Å². The smallest absolute Gasteiger partial charge is 0.258 e. The maximum absolute atomic E-state index is 12.5. The molecule has 1 amide bonds. The van der Waals surface area contributed by atoms with Crippen LogP contribution in [0.25, 0.3) is 0 Å². The zero-order valence-electron chi connectivity index (χ0n) is 13.0. The predicted molar refractivity (Wildman–Crippen MR) is 93.5 cm³/mol. The third-order valence-corrected chi connectivity index (χ3v) is 4.43. The van der Waals surface area contributed by atoms with Crippen LogP contribution in [0, 0.1) is 0 Å². The highest BCUT2D eigenvalue weighted by Crippen LogP contribution is 2.40. The molecule has 0 bridgehead atoms. The number of aliphatic hydroxyl groups excluding tert-OH is 1. The van der Waals surface area contributed by atoms with E-state index in [1.807, 2.05) is 0 Å². The van der Waals surface area contributed by atoms with Gasteiger partial charge in [-0.05, 0) is 31.2 Å². The van der Waals surface area contributed by atoms with Gasteiger partial charge in [-0.3, -0.25) is 14.9 Å². The van der Waals surface area contributed by atoms with Crippen molar-refractivity contribution in [1.29, 1.82) is 0 Å². The number of halogens is 2. The highest BCUT2D eigenvalue weighted by Gasteiger charge is 2.49. The molecule has 25 heavy (non-hydrogen) atoms.